The molecule has 2 N–H and O–H groups in total. The Morgan fingerprint density at radius 1 is 1.14 bits per heavy atom. The lowest BCUT2D eigenvalue weighted by molar-refractivity contribution is -0.120. The zero-order valence-corrected chi connectivity index (χ0v) is 15.6. The second-order valence-corrected chi connectivity index (χ2v) is 6.50. The molecule has 0 bridgehead atoms. The molecule has 9 nitrogen and oxygen atoms in total. The van der Waals surface area contributed by atoms with Crippen molar-refractivity contribution in [3.8, 4) is 5.75 Å². The summed E-state index contributed by atoms with van der Waals surface area (Å²) in [5, 5.41) is 15.1. The molecule has 0 saturated carbocycles. The van der Waals surface area contributed by atoms with Crippen molar-refractivity contribution in [3.63, 3.8) is 0 Å². The van der Waals surface area contributed by atoms with Gasteiger partial charge in [0.05, 0.1) is 19.7 Å². The highest BCUT2D eigenvalue weighted by molar-refractivity contribution is 7.15. The van der Waals surface area contributed by atoms with Gasteiger partial charge < -0.3 is 4.74 Å². The number of carbonyl (C=O) groups excluding carboxylic acids is 2. The summed E-state index contributed by atoms with van der Waals surface area (Å²) in [6.07, 6.45) is 4.78. The number of benzene rings is 1. The number of nitrogens with one attached hydrogen (secondary N) is 2. The number of hydrazone groups is 1. The van der Waals surface area contributed by atoms with Crippen molar-refractivity contribution < 1.29 is 14.3 Å². The number of pyridine rings is 1. The molecule has 0 radical (unpaired) electrons. The van der Waals surface area contributed by atoms with Crippen LogP contribution in [-0.2, 0) is 11.2 Å². The van der Waals surface area contributed by atoms with Gasteiger partial charge in [-0.15, -0.1) is 10.2 Å². The van der Waals surface area contributed by atoms with Crippen LogP contribution in [0, 0.1) is 0 Å². The lowest BCUT2D eigenvalue weighted by atomic mass is 10.2. The lowest BCUT2D eigenvalue weighted by Gasteiger charge is -2.02. The minimum Gasteiger partial charge on any atom is -0.497 e. The highest BCUT2D eigenvalue weighted by Gasteiger charge is 2.12. The van der Waals surface area contributed by atoms with Gasteiger partial charge in [-0.3, -0.25) is 19.9 Å². The van der Waals surface area contributed by atoms with E-state index in [9.17, 15) is 9.59 Å². The van der Waals surface area contributed by atoms with Gasteiger partial charge in [-0.1, -0.05) is 11.3 Å². The molecule has 0 aliphatic rings. The van der Waals surface area contributed by atoms with Crippen LogP contribution in [-0.4, -0.2) is 40.3 Å². The van der Waals surface area contributed by atoms with Crippen molar-refractivity contribution >= 4 is 34.5 Å². The molecule has 0 atom stereocenters. The van der Waals surface area contributed by atoms with Crippen molar-refractivity contribution in [2.75, 3.05) is 12.4 Å². The van der Waals surface area contributed by atoms with Gasteiger partial charge in [-0.05, 0) is 42.0 Å². The Morgan fingerprint density at radius 3 is 2.61 bits per heavy atom. The molecule has 142 valence electrons. The molecule has 0 aliphatic carbocycles. The van der Waals surface area contributed by atoms with Gasteiger partial charge in [0.15, 0.2) is 0 Å². The molecular weight excluding hydrogens is 380 g/mol. The van der Waals surface area contributed by atoms with Crippen LogP contribution in [0.1, 0.15) is 20.9 Å². The average molecular weight is 396 g/mol. The lowest BCUT2D eigenvalue weighted by Crippen LogP contribution is -2.19. The van der Waals surface area contributed by atoms with Gasteiger partial charge in [0, 0.05) is 18.0 Å². The second kappa shape index (κ2) is 9.33. The highest BCUT2D eigenvalue weighted by atomic mass is 32.1. The van der Waals surface area contributed by atoms with Crippen LogP contribution in [0.3, 0.4) is 0 Å². The van der Waals surface area contributed by atoms with Crippen LogP contribution in [0.15, 0.2) is 53.9 Å². The van der Waals surface area contributed by atoms with Crippen molar-refractivity contribution in [2.45, 2.75) is 6.42 Å². The van der Waals surface area contributed by atoms with Crippen LogP contribution in [0.4, 0.5) is 5.13 Å². The number of amides is 2. The first-order valence-electron chi connectivity index (χ1n) is 8.14. The van der Waals surface area contributed by atoms with Crippen LogP contribution in [0.25, 0.3) is 0 Å². The standard InChI is InChI=1S/C18H16N6O3S/c1-27-14-4-2-13(3-5-14)17(26)21-18-24-23-16(28-18)10-15(25)22-20-11-12-6-8-19-9-7-12/h2-9,11H,10H2,1H3,(H,22,25)(H,21,24,26)/b20-11+. The number of hydrogen-bond acceptors (Lipinski definition) is 8. The third-order valence-corrected chi connectivity index (χ3v) is 4.30. The number of ether oxygens (including phenoxy) is 1. The molecule has 0 aliphatic heterocycles. The van der Waals surface area contributed by atoms with Crippen LogP contribution < -0.4 is 15.5 Å². The SMILES string of the molecule is COc1ccc(C(=O)Nc2nnc(CC(=O)N/N=C/c3ccncc3)s2)cc1. The van der Waals surface area contributed by atoms with E-state index in [-0.39, 0.29) is 18.2 Å². The Hall–Kier alpha value is -3.66. The third kappa shape index (κ3) is 5.42. The first kappa shape index (κ1) is 19.1. The zero-order valence-electron chi connectivity index (χ0n) is 14.8. The van der Waals surface area contributed by atoms with Crippen LogP contribution in [0.2, 0.25) is 0 Å². The van der Waals surface area contributed by atoms with Gasteiger partial charge in [0.2, 0.25) is 11.0 Å². The Labute approximate surface area is 164 Å². The summed E-state index contributed by atoms with van der Waals surface area (Å²) in [6.45, 7) is 0. The Balaban J connectivity index is 1.51. The Bertz CT molecular complexity index is 973. The van der Waals surface area contributed by atoms with E-state index >= 15 is 0 Å². The molecule has 0 spiro atoms. The average Bonchev–Trinajstić information content (AvgIpc) is 3.15. The first-order chi connectivity index (χ1) is 13.6. The van der Waals surface area contributed by atoms with Crippen molar-refractivity contribution in [2.24, 2.45) is 5.10 Å². The maximum Gasteiger partial charge on any atom is 0.257 e. The number of hydrogen-bond donors (Lipinski definition) is 2. The molecule has 10 heteroatoms. The monoisotopic (exact) mass is 396 g/mol. The van der Waals surface area contributed by atoms with Gasteiger partial charge in [-0.25, -0.2) is 5.43 Å². The number of anilines is 1. The van der Waals surface area contributed by atoms with Gasteiger partial charge in [-0.2, -0.15) is 5.10 Å². The predicted octanol–water partition coefficient (Wildman–Crippen LogP) is 1.89. The van der Waals surface area contributed by atoms with E-state index < -0.39 is 0 Å². The number of rotatable bonds is 7. The predicted molar refractivity (Wildman–Crippen MR) is 105 cm³/mol. The van der Waals surface area contributed by atoms with Gasteiger partial charge in [0.25, 0.3) is 5.91 Å². The molecule has 3 rings (SSSR count). The zero-order chi connectivity index (χ0) is 19.8. The van der Waals surface area contributed by atoms with E-state index in [1.807, 2.05) is 0 Å². The summed E-state index contributed by atoms with van der Waals surface area (Å²) >= 11 is 1.12. The van der Waals surface area contributed by atoms with Crippen molar-refractivity contribution in [1.29, 1.82) is 0 Å². The van der Waals surface area contributed by atoms with Crippen molar-refractivity contribution in [1.82, 2.24) is 20.6 Å². The minimum absolute atomic E-state index is 0.00373. The fraction of sp³-hybridized carbons (Fsp3) is 0.111. The first-order valence-corrected chi connectivity index (χ1v) is 8.95. The third-order valence-electron chi connectivity index (χ3n) is 3.46. The smallest absolute Gasteiger partial charge is 0.257 e. The van der Waals surface area contributed by atoms with E-state index in [0.29, 0.717) is 21.5 Å². The molecule has 0 unspecified atom stereocenters. The molecule has 2 amide bonds. The molecule has 3 aromatic rings. The van der Waals surface area contributed by atoms with E-state index in [1.165, 1.54) is 6.21 Å². The number of methoxy groups -OCH3 is 1. The summed E-state index contributed by atoms with van der Waals surface area (Å²) < 4.78 is 5.06. The highest BCUT2D eigenvalue weighted by Crippen LogP contribution is 2.18. The topological polar surface area (TPSA) is 118 Å². The van der Waals surface area contributed by atoms with Gasteiger partial charge in [0.1, 0.15) is 10.8 Å². The molecule has 0 saturated heterocycles. The Morgan fingerprint density at radius 2 is 1.89 bits per heavy atom. The summed E-state index contributed by atoms with van der Waals surface area (Å²) in [7, 11) is 1.55. The van der Waals surface area contributed by atoms with E-state index in [4.69, 9.17) is 4.74 Å². The number of aromatic nitrogens is 3. The molecule has 2 heterocycles. The van der Waals surface area contributed by atoms with Crippen LogP contribution in [0.5, 0.6) is 5.75 Å². The van der Waals surface area contributed by atoms with E-state index in [2.05, 4.69) is 31.0 Å². The molecule has 2 aromatic heterocycles. The van der Waals surface area contributed by atoms with Crippen LogP contribution >= 0.6 is 11.3 Å². The summed E-state index contributed by atoms with van der Waals surface area (Å²) in [6, 6.07) is 10.2. The van der Waals surface area contributed by atoms with E-state index in [1.54, 1.807) is 55.9 Å². The molecular formula is C18H16N6O3S. The summed E-state index contributed by atoms with van der Waals surface area (Å²) in [5.74, 6) is -0.00130. The molecule has 28 heavy (non-hydrogen) atoms. The Kier molecular flexibility index (Phi) is 6.37. The minimum atomic E-state index is -0.338. The fourth-order valence-electron chi connectivity index (χ4n) is 2.09. The van der Waals surface area contributed by atoms with Crippen molar-refractivity contribution in [3.05, 3.63) is 64.9 Å². The molecule has 0 fully saturated rings. The normalized spacial score (nSPS) is 10.6. The fourth-order valence-corrected chi connectivity index (χ4v) is 2.83. The largest absolute Gasteiger partial charge is 0.497 e. The van der Waals surface area contributed by atoms with E-state index in [0.717, 1.165) is 16.9 Å². The molecule has 1 aromatic carbocycles. The number of carbonyl (C=O) groups is 2. The summed E-state index contributed by atoms with van der Waals surface area (Å²) in [5.41, 5.74) is 3.69. The maximum absolute atomic E-state index is 12.2. The number of nitrogens with zero attached hydrogens (tertiary/aromatic N) is 4. The second-order valence-electron chi connectivity index (χ2n) is 5.43. The van der Waals surface area contributed by atoms with Gasteiger partial charge >= 0.3 is 0 Å². The maximum atomic E-state index is 12.2. The summed E-state index contributed by atoms with van der Waals surface area (Å²) in [4.78, 5) is 28.0. The quantitative estimate of drug-likeness (QED) is 0.465.